The molecule has 17 nitrogen and oxygen atoms in total. The lowest BCUT2D eigenvalue weighted by Gasteiger charge is -2.08. The number of hydrogen-bond donors (Lipinski definition) is 2. The first-order valence-electron chi connectivity index (χ1n) is 14.8. The fourth-order valence-corrected chi connectivity index (χ4v) is 7.64. The van der Waals surface area contributed by atoms with Crippen molar-refractivity contribution in [3.63, 3.8) is 0 Å². The van der Waals surface area contributed by atoms with E-state index < -0.39 is 45.0 Å². The van der Waals surface area contributed by atoms with Crippen molar-refractivity contribution in [1.82, 2.24) is 39.9 Å². The second-order valence-corrected chi connectivity index (χ2v) is 15.8. The highest BCUT2D eigenvalue weighted by atomic mass is 32.2. The van der Waals surface area contributed by atoms with Crippen molar-refractivity contribution < 1.29 is 38.9 Å². The summed E-state index contributed by atoms with van der Waals surface area (Å²) in [7, 11) is -14.7. The van der Waals surface area contributed by atoms with Crippen LogP contribution in [0.25, 0.3) is 89.7 Å². The van der Waals surface area contributed by atoms with Crippen molar-refractivity contribution in [2.45, 2.75) is 14.7 Å². The number of benzene rings is 4. The second-order valence-electron chi connectivity index (χ2n) is 11.6. The Morgan fingerprint density at radius 2 is 0.750 bits per heavy atom. The molecule has 0 unspecified atom stereocenters. The van der Waals surface area contributed by atoms with E-state index in [1.807, 2.05) is 0 Å². The SMILES string of the molecule is O=S(=O)([O-])c1ccc2c(c1)-c1nc-2nc2nc(nc3[nH]c(nc4[nH]c(n1)c1ccc(S(=O)(=O)[O-])cc41)c1ccc(S(=O)(=O)[O-])cc31)-c1ccccc1-2. The highest BCUT2D eigenvalue weighted by Crippen LogP contribution is 2.39. The van der Waals surface area contributed by atoms with E-state index in [4.69, 9.17) is 9.97 Å². The lowest BCUT2D eigenvalue weighted by Crippen LogP contribution is -1.98. The van der Waals surface area contributed by atoms with Crippen LogP contribution < -0.4 is 0 Å². The summed E-state index contributed by atoms with van der Waals surface area (Å²) in [6.07, 6.45) is 0. The van der Waals surface area contributed by atoms with Gasteiger partial charge in [0.1, 0.15) is 52.9 Å². The Morgan fingerprint density at radius 3 is 1.25 bits per heavy atom. The number of aromatic nitrogens is 8. The third-order valence-corrected chi connectivity index (χ3v) is 11.0. The van der Waals surface area contributed by atoms with E-state index in [2.05, 4.69) is 29.9 Å². The molecule has 2 N–H and O–H groups in total. The summed E-state index contributed by atoms with van der Waals surface area (Å²) in [6.45, 7) is 0. The zero-order chi connectivity index (χ0) is 36.3. The summed E-state index contributed by atoms with van der Waals surface area (Å²) in [4.78, 5) is 32.3. The number of H-pyrrole nitrogens is 2. The van der Waals surface area contributed by atoms with Gasteiger partial charge in [0, 0.05) is 43.8 Å². The molecule has 0 spiro atoms. The average Bonchev–Trinajstić information content (AvgIpc) is 3.82. The molecule has 7 aromatic rings. The minimum absolute atomic E-state index is 0.00987. The fraction of sp³-hybridized carbons (Fsp3) is 0. The van der Waals surface area contributed by atoms with Gasteiger partial charge in [0.2, 0.25) is 0 Å². The molecule has 52 heavy (non-hydrogen) atoms. The van der Waals surface area contributed by atoms with Gasteiger partial charge in [0.15, 0.2) is 23.3 Å². The van der Waals surface area contributed by atoms with Gasteiger partial charge in [-0.2, -0.15) is 0 Å². The average molecular weight is 752 g/mol. The predicted octanol–water partition coefficient (Wildman–Crippen LogP) is 3.58. The molecule has 2 aliphatic rings. The van der Waals surface area contributed by atoms with E-state index in [1.165, 1.54) is 18.2 Å². The molecule has 9 rings (SSSR count). The van der Waals surface area contributed by atoms with Crippen LogP contribution in [0.2, 0.25) is 0 Å². The van der Waals surface area contributed by atoms with Gasteiger partial charge < -0.3 is 23.6 Å². The van der Waals surface area contributed by atoms with Crippen LogP contribution in [0.5, 0.6) is 0 Å². The molecule has 0 fully saturated rings. The zero-order valence-corrected chi connectivity index (χ0v) is 28.0. The standard InChI is InChI=1S/C32H18N8O9S3/c41-50(42,43)14-5-8-19-22(11-14)31-36-27(19)34-25-17-3-1-2-4-18(17)26(33-25)35-30-23-12-15(51(44,45)46)6-9-20(23)28(37-30)39-32-24-13-16(52(47,48)49)7-10-21(24)29(38-31)40-32/h1-13H,(H,41,42,43)(H,44,45,46)(H,47,48,49)(H2,33,34,35,36,37,38,39,40)/p-3. The Morgan fingerprint density at radius 1 is 0.385 bits per heavy atom. The summed E-state index contributed by atoms with van der Waals surface area (Å²) in [5.74, 6) is 0.297. The third-order valence-electron chi connectivity index (χ3n) is 8.52. The molecule has 0 amide bonds. The molecule has 20 heteroatoms. The van der Waals surface area contributed by atoms with Crippen LogP contribution in [0.4, 0.5) is 0 Å². The van der Waals surface area contributed by atoms with E-state index in [0.29, 0.717) is 22.1 Å². The summed E-state index contributed by atoms with van der Waals surface area (Å²) < 4.78 is 108. The quantitative estimate of drug-likeness (QED) is 0.244. The molecule has 3 aromatic heterocycles. The Balaban J connectivity index is 1.49. The molecule has 0 radical (unpaired) electrons. The summed E-state index contributed by atoms with van der Waals surface area (Å²) in [5.41, 5.74) is 1.73. The number of nitrogens with one attached hydrogen (secondary N) is 2. The monoisotopic (exact) mass is 751 g/mol. The zero-order valence-electron chi connectivity index (χ0n) is 25.6. The number of fused-ring (bicyclic) bond motifs is 20. The maximum Gasteiger partial charge on any atom is 0.164 e. The summed E-state index contributed by atoms with van der Waals surface area (Å²) in [6, 6.07) is 17.7. The van der Waals surface area contributed by atoms with E-state index in [1.54, 1.807) is 24.3 Å². The van der Waals surface area contributed by atoms with E-state index >= 15 is 0 Å². The molecule has 0 atom stereocenters. The van der Waals surface area contributed by atoms with Crippen LogP contribution in [-0.4, -0.2) is 78.8 Å². The van der Waals surface area contributed by atoms with Gasteiger partial charge in [-0.15, -0.1) is 0 Å². The van der Waals surface area contributed by atoms with Crippen LogP contribution in [0, 0.1) is 0 Å². The van der Waals surface area contributed by atoms with Gasteiger partial charge in [-0.1, -0.05) is 24.3 Å². The fourth-order valence-electron chi connectivity index (χ4n) is 6.15. The molecule has 0 saturated heterocycles. The first kappa shape index (κ1) is 31.9. The van der Waals surface area contributed by atoms with Gasteiger partial charge in [0.25, 0.3) is 0 Å². The van der Waals surface area contributed by atoms with Gasteiger partial charge in [-0.05, 0) is 54.6 Å². The topological polar surface area (TPSA) is 281 Å². The van der Waals surface area contributed by atoms with Crippen LogP contribution >= 0.6 is 0 Å². The van der Waals surface area contributed by atoms with Crippen LogP contribution in [0.1, 0.15) is 0 Å². The largest absolute Gasteiger partial charge is 0.744 e. The number of hydrogen-bond acceptors (Lipinski definition) is 15. The first-order valence-corrected chi connectivity index (χ1v) is 19.1. The Bertz CT molecular complexity index is 3290. The Labute approximate surface area is 291 Å². The van der Waals surface area contributed by atoms with Crippen LogP contribution in [0.15, 0.2) is 93.5 Å². The minimum Gasteiger partial charge on any atom is -0.744 e. The molecular formula is C32H15N8O9S3-3. The highest BCUT2D eigenvalue weighted by molar-refractivity contribution is 7.86. The van der Waals surface area contributed by atoms with Crippen molar-refractivity contribution in [3.8, 4) is 45.6 Å². The normalized spacial score (nSPS) is 13.0. The van der Waals surface area contributed by atoms with Gasteiger partial charge in [-0.3, -0.25) is 0 Å². The molecular weight excluding hydrogens is 737 g/mol. The van der Waals surface area contributed by atoms with E-state index in [0.717, 1.165) is 36.4 Å². The Hall–Kier alpha value is -6.03. The molecule has 4 aromatic carbocycles. The summed E-state index contributed by atoms with van der Waals surface area (Å²) >= 11 is 0. The third kappa shape index (κ3) is 5.12. The molecule has 0 saturated carbocycles. The maximum atomic E-state index is 12.0. The number of aromatic amines is 2. The lowest BCUT2D eigenvalue weighted by molar-refractivity contribution is 0.461. The molecule has 5 heterocycles. The summed E-state index contributed by atoms with van der Waals surface area (Å²) in [5, 5.41) is 0.887. The second kappa shape index (κ2) is 10.7. The van der Waals surface area contributed by atoms with Crippen molar-refractivity contribution >= 4 is 74.5 Å². The molecule has 2 aliphatic heterocycles. The Kier molecular flexibility index (Phi) is 6.59. The van der Waals surface area contributed by atoms with E-state index in [-0.39, 0.29) is 67.6 Å². The predicted molar refractivity (Wildman–Crippen MR) is 180 cm³/mol. The molecule has 8 bridgehead atoms. The maximum absolute atomic E-state index is 12.0. The lowest BCUT2D eigenvalue weighted by atomic mass is 10.1. The van der Waals surface area contributed by atoms with Crippen molar-refractivity contribution in [2.24, 2.45) is 0 Å². The highest BCUT2D eigenvalue weighted by Gasteiger charge is 2.25. The molecule has 258 valence electrons. The van der Waals surface area contributed by atoms with Crippen molar-refractivity contribution in [1.29, 1.82) is 0 Å². The van der Waals surface area contributed by atoms with Crippen molar-refractivity contribution in [3.05, 3.63) is 78.9 Å². The van der Waals surface area contributed by atoms with Gasteiger partial charge in [-0.25, -0.2) is 55.2 Å². The van der Waals surface area contributed by atoms with Crippen LogP contribution in [-0.2, 0) is 30.4 Å². The van der Waals surface area contributed by atoms with Crippen LogP contribution in [0.3, 0.4) is 0 Å². The van der Waals surface area contributed by atoms with Gasteiger partial charge >= 0.3 is 0 Å². The van der Waals surface area contributed by atoms with Gasteiger partial charge in [0.05, 0.1) is 14.7 Å². The molecule has 0 aliphatic carbocycles. The minimum atomic E-state index is -4.93. The smallest absolute Gasteiger partial charge is 0.164 e. The van der Waals surface area contributed by atoms with E-state index in [9.17, 15) is 38.9 Å². The number of rotatable bonds is 3. The first-order chi connectivity index (χ1) is 24.6. The number of nitrogens with zero attached hydrogens (tertiary/aromatic N) is 6. The van der Waals surface area contributed by atoms with Crippen molar-refractivity contribution in [2.75, 3.05) is 0 Å².